The van der Waals surface area contributed by atoms with Crippen LogP contribution in [0, 0.1) is 0 Å². The third-order valence-electron chi connectivity index (χ3n) is 4.79. The number of fused-ring (bicyclic) bond motifs is 4. The van der Waals surface area contributed by atoms with Gasteiger partial charge in [-0.15, -0.1) is 0 Å². The van der Waals surface area contributed by atoms with Crippen molar-refractivity contribution in [2.24, 2.45) is 0 Å². The first-order valence-electron chi connectivity index (χ1n) is 8.10. The van der Waals surface area contributed by atoms with Crippen LogP contribution in [0.15, 0.2) is 84.9 Å². The highest BCUT2D eigenvalue weighted by Gasteiger charge is 2.57. The summed E-state index contributed by atoms with van der Waals surface area (Å²) < 4.78 is 6.32. The molecule has 3 nitrogen and oxygen atoms in total. The van der Waals surface area contributed by atoms with Crippen molar-refractivity contribution >= 4 is 0 Å². The fraction of sp³-hybridized carbons (Fsp3) is 0.143. The Bertz CT molecular complexity index is 863. The first kappa shape index (κ1) is 13.9. The Balaban J connectivity index is 1.78. The van der Waals surface area contributed by atoms with Gasteiger partial charge in [-0.3, -0.25) is 0 Å². The van der Waals surface area contributed by atoms with Crippen molar-refractivity contribution < 1.29 is 14.5 Å². The van der Waals surface area contributed by atoms with Gasteiger partial charge in [-0.1, -0.05) is 84.9 Å². The van der Waals surface area contributed by atoms with E-state index in [4.69, 9.17) is 14.5 Å². The van der Waals surface area contributed by atoms with Crippen LogP contribution in [0.25, 0.3) is 0 Å². The zero-order valence-corrected chi connectivity index (χ0v) is 13.0. The normalized spacial score (nSPS) is 27.7. The van der Waals surface area contributed by atoms with E-state index < -0.39 is 12.1 Å². The van der Waals surface area contributed by atoms with Crippen molar-refractivity contribution in [3.8, 4) is 0 Å². The maximum absolute atomic E-state index is 6.32. The third-order valence-corrected chi connectivity index (χ3v) is 4.79. The van der Waals surface area contributed by atoms with Gasteiger partial charge in [0.2, 0.25) is 12.1 Å². The van der Waals surface area contributed by atoms with E-state index in [-0.39, 0.29) is 5.92 Å². The second kappa shape index (κ2) is 5.28. The zero-order chi connectivity index (χ0) is 16.0. The number of hydrogen-bond donors (Lipinski definition) is 0. The molecule has 24 heavy (non-hydrogen) atoms. The molecule has 2 heterocycles. The van der Waals surface area contributed by atoms with E-state index in [0.717, 1.165) is 16.7 Å². The lowest BCUT2D eigenvalue weighted by atomic mass is 9.77. The van der Waals surface area contributed by atoms with E-state index in [1.165, 1.54) is 5.56 Å². The predicted molar refractivity (Wildman–Crippen MR) is 88.8 cm³/mol. The molecule has 1 fully saturated rings. The Labute approximate surface area is 140 Å². The Kier molecular flexibility index (Phi) is 3.06. The Morgan fingerprint density at radius 2 is 1.29 bits per heavy atom. The van der Waals surface area contributed by atoms with Gasteiger partial charge in [0, 0.05) is 11.1 Å². The molecule has 0 aliphatic carbocycles. The fourth-order valence-corrected chi connectivity index (χ4v) is 3.74. The topological polar surface area (TPSA) is 27.7 Å². The third kappa shape index (κ3) is 1.89. The number of ether oxygens (including phenoxy) is 1. The van der Waals surface area contributed by atoms with Crippen LogP contribution in [0.1, 0.15) is 34.5 Å². The van der Waals surface area contributed by atoms with Gasteiger partial charge < -0.3 is 4.74 Å². The number of benzene rings is 3. The molecule has 2 aliphatic heterocycles. The molecule has 2 aliphatic rings. The van der Waals surface area contributed by atoms with Crippen molar-refractivity contribution in [1.29, 1.82) is 0 Å². The lowest BCUT2D eigenvalue weighted by Crippen LogP contribution is -2.38. The summed E-state index contributed by atoms with van der Waals surface area (Å²) in [6, 6.07) is 28.6. The quantitative estimate of drug-likeness (QED) is 0.643. The highest BCUT2D eigenvalue weighted by molar-refractivity contribution is 5.45. The minimum Gasteiger partial charge on any atom is -0.306 e. The summed E-state index contributed by atoms with van der Waals surface area (Å²) in [5.74, 6) is -1.07. The summed E-state index contributed by atoms with van der Waals surface area (Å²) in [6.45, 7) is 0. The number of hydrogen-bond acceptors (Lipinski definition) is 3. The van der Waals surface area contributed by atoms with Crippen molar-refractivity contribution in [2.75, 3.05) is 0 Å². The Hall–Kier alpha value is -2.46. The van der Waals surface area contributed by atoms with Crippen LogP contribution < -0.4 is 0 Å². The van der Waals surface area contributed by atoms with Gasteiger partial charge in [0.15, 0.2) is 0 Å². The fourth-order valence-electron chi connectivity index (χ4n) is 3.74. The molecule has 0 saturated carbocycles. The zero-order valence-electron chi connectivity index (χ0n) is 13.0. The van der Waals surface area contributed by atoms with Crippen LogP contribution in [0.4, 0.5) is 0 Å². The van der Waals surface area contributed by atoms with Crippen LogP contribution in [0.5, 0.6) is 0 Å². The van der Waals surface area contributed by atoms with Crippen molar-refractivity contribution in [2.45, 2.75) is 18.0 Å². The first-order chi connectivity index (χ1) is 11.9. The molecule has 0 N–H and O–H groups in total. The Morgan fingerprint density at radius 3 is 2.04 bits per heavy atom. The molecule has 1 saturated heterocycles. The summed E-state index contributed by atoms with van der Waals surface area (Å²) in [6.07, 6.45) is -0.499. The largest absolute Gasteiger partial charge is 0.306 e. The highest BCUT2D eigenvalue weighted by atomic mass is 17.3. The van der Waals surface area contributed by atoms with Crippen LogP contribution in [0.3, 0.4) is 0 Å². The molecule has 3 atom stereocenters. The van der Waals surface area contributed by atoms with Gasteiger partial charge in [0.05, 0.1) is 5.92 Å². The molecule has 0 spiro atoms. The van der Waals surface area contributed by atoms with Crippen LogP contribution in [-0.4, -0.2) is 0 Å². The molecule has 3 aromatic rings. The summed E-state index contributed by atoms with van der Waals surface area (Å²) in [5, 5.41) is 0. The molecular formula is C21H16O3. The summed E-state index contributed by atoms with van der Waals surface area (Å²) in [4.78, 5) is 11.5. The first-order valence-corrected chi connectivity index (χ1v) is 8.10. The van der Waals surface area contributed by atoms with E-state index in [2.05, 4.69) is 24.3 Å². The molecule has 0 aromatic heterocycles. The van der Waals surface area contributed by atoms with Gasteiger partial charge in [0.25, 0.3) is 0 Å². The van der Waals surface area contributed by atoms with Gasteiger partial charge in [-0.25, -0.2) is 0 Å². The number of rotatable bonds is 2. The second-order valence-corrected chi connectivity index (χ2v) is 6.14. The SMILES string of the molecule is c1ccc([C@H]2c3ccccc3[C@@H]3OO[C@@]2(c2ccccc2)O3)cc1. The molecule has 0 amide bonds. The molecule has 3 heteroatoms. The lowest BCUT2D eigenvalue weighted by molar-refractivity contribution is -0.338. The predicted octanol–water partition coefficient (Wildman–Crippen LogP) is 4.66. The molecule has 3 aromatic carbocycles. The van der Waals surface area contributed by atoms with Crippen LogP contribution in [0.2, 0.25) is 0 Å². The standard InChI is InChI=1S/C21H16O3/c1-3-9-15(10-4-1)19-17-13-7-8-14-18(17)20-22-21(19,24-23-20)16-11-5-2-6-12-16/h1-14,19-20H/t19-,20-,21+/m0/s1. The molecule has 5 rings (SSSR count). The molecule has 2 bridgehead atoms. The smallest absolute Gasteiger partial charge is 0.241 e. The van der Waals surface area contributed by atoms with Crippen LogP contribution >= 0.6 is 0 Å². The maximum Gasteiger partial charge on any atom is 0.241 e. The van der Waals surface area contributed by atoms with Gasteiger partial charge in [-0.05, 0) is 11.1 Å². The van der Waals surface area contributed by atoms with E-state index in [0.29, 0.717) is 0 Å². The lowest BCUT2D eigenvalue weighted by Gasteiger charge is -2.38. The molecule has 0 radical (unpaired) electrons. The average Bonchev–Trinajstić information content (AvgIpc) is 3.05. The van der Waals surface area contributed by atoms with E-state index in [1.807, 2.05) is 60.7 Å². The van der Waals surface area contributed by atoms with E-state index in [1.54, 1.807) is 0 Å². The highest BCUT2D eigenvalue weighted by Crippen LogP contribution is 2.57. The summed E-state index contributed by atoms with van der Waals surface area (Å²) >= 11 is 0. The maximum atomic E-state index is 6.32. The van der Waals surface area contributed by atoms with Gasteiger partial charge in [-0.2, -0.15) is 9.78 Å². The van der Waals surface area contributed by atoms with E-state index >= 15 is 0 Å². The summed E-state index contributed by atoms with van der Waals surface area (Å²) in [7, 11) is 0. The minimum atomic E-state index is -0.971. The van der Waals surface area contributed by atoms with Crippen molar-refractivity contribution in [3.63, 3.8) is 0 Å². The molecule has 0 unspecified atom stereocenters. The second-order valence-electron chi connectivity index (χ2n) is 6.14. The Morgan fingerprint density at radius 1 is 0.667 bits per heavy atom. The van der Waals surface area contributed by atoms with Crippen LogP contribution in [-0.2, 0) is 20.3 Å². The summed E-state index contributed by atoms with van der Waals surface area (Å²) in [5.41, 5.74) is 4.30. The van der Waals surface area contributed by atoms with Crippen molar-refractivity contribution in [3.05, 3.63) is 107 Å². The average molecular weight is 316 g/mol. The molecule has 118 valence electrons. The van der Waals surface area contributed by atoms with E-state index in [9.17, 15) is 0 Å². The van der Waals surface area contributed by atoms with Crippen molar-refractivity contribution in [1.82, 2.24) is 0 Å². The van der Waals surface area contributed by atoms with Gasteiger partial charge in [0.1, 0.15) is 0 Å². The monoisotopic (exact) mass is 316 g/mol. The van der Waals surface area contributed by atoms with Gasteiger partial charge >= 0.3 is 0 Å². The molecular weight excluding hydrogens is 300 g/mol. The minimum absolute atomic E-state index is 0.101.